The molecule has 1 unspecified atom stereocenters. The molecule has 0 fully saturated rings. The zero-order chi connectivity index (χ0) is 12.1. The van der Waals surface area contributed by atoms with Gasteiger partial charge in [0.05, 0.1) is 0 Å². The maximum Gasteiger partial charge on any atom is 0.287 e. The van der Waals surface area contributed by atoms with Crippen molar-refractivity contribution in [3.63, 3.8) is 0 Å². The van der Waals surface area contributed by atoms with E-state index in [0.29, 0.717) is 18.2 Å². The summed E-state index contributed by atoms with van der Waals surface area (Å²) in [5.41, 5.74) is 5.51. The number of carbonyl (C=O) groups is 1. The number of amides is 1. The van der Waals surface area contributed by atoms with E-state index in [1.165, 1.54) is 0 Å². The van der Waals surface area contributed by atoms with Crippen molar-refractivity contribution >= 4 is 5.91 Å². The van der Waals surface area contributed by atoms with Crippen molar-refractivity contribution in [1.29, 1.82) is 0 Å². The standard InChI is InChI=1S/C12H20N2O2/c1-8(2)10(6-7-13)14-12(15)11-5-4-9(3)16-11/h4-5,8,10H,6-7,13H2,1-3H3,(H,14,15). The first kappa shape index (κ1) is 12.8. The fourth-order valence-corrected chi connectivity index (χ4v) is 1.55. The van der Waals surface area contributed by atoms with Gasteiger partial charge in [-0.2, -0.15) is 0 Å². The van der Waals surface area contributed by atoms with Gasteiger partial charge in [-0.3, -0.25) is 4.79 Å². The molecule has 0 bridgehead atoms. The largest absolute Gasteiger partial charge is 0.456 e. The quantitative estimate of drug-likeness (QED) is 0.799. The smallest absolute Gasteiger partial charge is 0.287 e. The summed E-state index contributed by atoms with van der Waals surface area (Å²) in [7, 11) is 0. The van der Waals surface area contributed by atoms with Gasteiger partial charge in [0, 0.05) is 6.04 Å². The molecular formula is C12H20N2O2. The lowest BCUT2D eigenvalue weighted by Gasteiger charge is -2.20. The number of furan rings is 1. The lowest BCUT2D eigenvalue weighted by atomic mass is 10.0. The average Bonchev–Trinajstić information content (AvgIpc) is 2.64. The fraction of sp³-hybridized carbons (Fsp3) is 0.583. The molecule has 1 aromatic rings. The van der Waals surface area contributed by atoms with E-state index in [9.17, 15) is 4.79 Å². The molecule has 0 saturated carbocycles. The van der Waals surface area contributed by atoms with Gasteiger partial charge in [-0.05, 0) is 37.9 Å². The number of rotatable bonds is 5. The van der Waals surface area contributed by atoms with Crippen LogP contribution in [0.5, 0.6) is 0 Å². The van der Waals surface area contributed by atoms with Crippen molar-refractivity contribution < 1.29 is 9.21 Å². The molecule has 90 valence electrons. The first-order valence-electron chi connectivity index (χ1n) is 5.62. The summed E-state index contributed by atoms with van der Waals surface area (Å²) in [6.07, 6.45) is 0.781. The molecule has 1 heterocycles. The van der Waals surface area contributed by atoms with E-state index in [2.05, 4.69) is 19.2 Å². The highest BCUT2D eigenvalue weighted by molar-refractivity contribution is 5.91. The molecular weight excluding hydrogens is 204 g/mol. The molecule has 0 aliphatic carbocycles. The SMILES string of the molecule is Cc1ccc(C(=O)NC(CCN)C(C)C)o1. The van der Waals surface area contributed by atoms with Gasteiger partial charge in [0.2, 0.25) is 0 Å². The van der Waals surface area contributed by atoms with Crippen molar-refractivity contribution in [2.45, 2.75) is 33.2 Å². The van der Waals surface area contributed by atoms with Crippen molar-refractivity contribution in [2.24, 2.45) is 11.7 Å². The highest BCUT2D eigenvalue weighted by Gasteiger charge is 2.18. The predicted molar refractivity (Wildman–Crippen MR) is 63.2 cm³/mol. The van der Waals surface area contributed by atoms with E-state index >= 15 is 0 Å². The molecule has 0 aliphatic rings. The van der Waals surface area contributed by atoms with E-state index in [1.807, 2.05) is 6.92 Å². The Morgan fingerprint density at radius 2 is 2.19 bits per heavy atom. The lowest BCUT2D eigenvalue weighted by Crippen LogP contribution is -2.39. The number of nitrogens with one attached hydrogen (secondary N) is 1. The van der Waals surface area contributed by atoms with Crippen molar-refractivity contribution in [3.05, 3.63) is 23.7 Å². The number of aryl methyl sites for hydroxylation is 1. The maximum atomic E-state index is 11.8. The molecule has 1 amide bonds. The van der Waals surface area contributed by atoms with Gasteiger partial charge in [-0.25, -0.2) is 0 Å². The minimum Gasteiger partial charge on any atom is -0.456 e. The molecule has 0 saturated heterocycles. The molecule has 3 N–H and O–H groups in total. The first-order valence-corrected chi connectivity index (χ1v) is 5.62. The minimum atomic E-state index is -0.166. The van der Waals surface area contributed by atoms with Crippen molar-refractivity contribution in [2.75, 3.05) is 6.54 Å². The van der Waals surface area contributed by atoms with Gasteiger partial charge in [-0.15, -0.1) is 0 Å². The van der Waals surface area contributed by atoms with Crippen LogP contribution in [-0.4, -0.2) is 18.5 Å². The normalized spacial score (nSPS) is 12.8. The summed E-state index contributed by atoms with van der Waals surface area (Å²) >= 11 is 0. The Morgan fingerprint density at radius 3 is 2.62 bits per heavy atom. The minimum absolute atomic E-state index is 0.0999. The molecule has 1 atom stereocenters. The van der Waals surface area contributed by atoms with Crippen molar-refractivity contribution in [1.82, 2.24) is 5.32 Å². The van der Waals surface area contributed by atoms with Crippen LogP contribution in [0.25, 0.3) is 0 Å². The third-order valence-corrected chi connectivity index (χ3v) is 2.56. The Hall–Kier alpha value is -1.29. The summed E-state index contributed by atoms with van der Waals surface area (Å²) in [6.45, 7) is 6.51. The van der Waals surface area contributed by atoms with Crippen LogP contribution in [0.2, 0.25) is 0 Å². The molecule has 4 nitrogen and oxygen atoms in total. The number of nitrogens with two attached hydrogens (primary N) is 1. The monoisotopic (exact) mass is 224 g/mol. The van der Waals surface area contributed by atoms with Gasteiger partial charge >= 0.3 is 0 Å². The lowest BCUT2D eigenvalue weighted by molar-refractivity contribution is 0.0894. The Kier molecular flexibility index (Phi) is 4.55. The Labute approximate surface area is 96.2 Å². The molecule has 0 radical (unpaired) electrons. The van der Waals surface area contributed by atoms with Gasteiger partial charge in [-0.1, -0.05) is 13.8 Å². The zero-order valence-electron chi connectivity index (χ0n) is 10.1. The second-order valence-electron chi connectivity index (χ2n) is 4.31. The van der Waals surface area contributed by atoms with Gasteiger partial charge in [0.15, 0.2) is 5.76 Å². The topological polar surface area (TPSA) is 68.3 Å². The molecule has 16 heavy (non-hydrogen) atoms. The van der Waals surface area contributed by atoms with E-state index < -0.39 is 0 Å². The number of hydrogen-bond donors (Lipinski definition) is 2. The fourth-order valence-electron chi connectivity index (χ4n) is 1.55. The van der Waals surface area contributed by atoms with Crippen LogP contribution in [0.15, 0.2) is 16.5 Å². The van der Waals surface area contributed by atoms with E-state index in [1.54, 1.807) is 12.1 Å². The van der Waals surface area contributed by atoms with Crippen LogP contribution in [0.1, 0.15) is 36.6 Å². The average molecular weight is 224 g/mol. The third-order valence-electron chi connectivity index (χ3n) is 2.56. The molecule has 4 heteroatoms. The van der Waals surface area contributed by atoms with Crippen LogP contribution in [0.3, 0.4) is 0 Å². The zero-order valence-corrected chi connectivity index (χ0v) is 10.1. The summed E-state index contributed by atoms with van der Waals surface area (Å²) in [4.78, 5) is 11.8. The first-order chi connectivity index (χ1) is 7.54. The van der Waals surface area contributed by atoms with Gasteiger partial charge in [0.1, 0.15) is 5.76 Å². The molecule has 0 aliphatic heterocycles. The molecule has 1 rings (SSSR count). The van der Waals surface area contributed by atoms with E-state index in [-0.39, 0.29) is 11.9 Å². The summed E-state index contributed by atoms with van der Waals surface area (Å²) in [5.74, 6) is 1.30. The Balaban J connectivity index is 2.61. The number of hydrogen-bond acceptors (Lipinski definition) is 3. The molecule has 0 aromatic carbocycles. The second kappa shape index (κ2) is 5.70. The van der Waals surface area contributed by atoms with Gasteiger partial charge < -0.3 is 15.5 Å². The highest BCUT2D eigenvalue weighted by Crippen LogP contribution is 2.09. The molecule has 0 spiro atoms. The summed E-state index contributed by atoms with van der Waals surface area (Å²) < 4.78 is 5.26. The Morgan fingerprint density at radius 1 is 1.50 bits per heavy atom. The third kappa shape index (κ3) is 3.38. The predicted octanol–water partition coefficient (Wildman–Crippen LogP) is 1.69. The van der Waals surface area contributed by atoms with Gasteiger partial charge in [0.25, 0.3) is 5.91 Å². The second-order valence-corrected chi connectivity index (χ2v) is 4.31. The van der Waals surface area contributed by atoms with Crippen LogP contribution < -0.4 is 11.1 Å². The van der Waals surface area contributed by atoms with Crippen LogP contribution in [0.4, 0.5) is 0 Å². The number of carbonyl (C=O) groups excluding carboxylic acids is 1. The Bertz CT molecular complexity index is 345. The summed E-state index contributed by atoms with van der Waals surface area (Å²) in [6, 6.07) is 3.56. The van der Waals surface area contributed by atoms with Crippen LogP contribution in [-0.2, 0) is 0 Å². The van der Waals surface area contributed by atoms with Crippen molar-refractivity contribution in [3.8, 4) is 0 Å². The van der Waals surface area contributed by atoms with Crippen LogP contribution >= 0.6 is 0 Å². The molecule has 1 aromatic heterocycles. The van der Waals surface area contributed by atoms with Crippen LogP contribution in [0, 0.1) is 12.8 Å². The maximum absolute atomic E-state index is 11.8. The highest BCUT2D eigenvalue weighted by atomic mass is 16.3. The summed E-state index contributed by atoms with van der Waals surface area (Å²) in [5, 5.41) is 2.93. The van der Waals surface area contributed by atoms with E-state index in [0.717, 1.165) is 12.2 Å². The van der Waals surface area contributed by atoms with E-state index in [4.69, 9.17) is 10.2 Å².